The molecule has 0 amide bonds. The second-order valence-corrected chi connectivity index (χ2v) is 9.57. The van der Waals surface area contributed by atoms with Crippen molar-refractivity contribution in [2.75, 3.05) is 12.5 Å². The molecule has 0 aromatic rings. The van der Waals surface area contributed by atoms with Gasteiger partial charge in [-0.15, -0.1) is 0 Å². The van der Waals surface area contributed by atoms with Crippen molar-refractivity contribution in [2.24, 2.45) is 23.7 Å². The van der Waals surface area contributed by atoms with Crippen molar-refractivity contribution in [1.82, 2.24) is 0 Å². The van der Waals surface area contributed by atoms with E-state index < -0.39 is 44.3 Å². The highest BCUT2D eigenvalue weighted by molar-refractivity contribution is 7.86. The number of ketones is 1. The van der Waals surface area contributed by atoms with Crippen LogP contribution in [0.4, 0.5) is 0 Å². The van der Waals surface area contributed by atoms with Crippen LogP contribution in [-0.4, -0.2) is 47.3 Å². The topological polar surface area (TPSA) is 104 Å². The normalized spacial score (nSPS) is 42.5. The van der Waals surface area contributed by atoms with E-state index in [0.717, 1.165) is 12.5 Å². The Labute approximate surface area is 124 Å². The minimum Gasteiger partial charge on any atom is -0.299 e. The molecular weight excluding hydrogens is 320 g/mol. The summed E-state index contributed by atoms with van der Waals surface area (Å²) >= 11 is 0. The Morgan fingerprint density at radius 3 is 1.52 bits per heavy atom. The van der Waals surface area contributed by atoms with Crippen molar-refractivity contribution in [1.29, 1.82) is 0 Å². The van der Waals surface area contributed by atoms with Gasteiger partial charge in [-0.3, -0.25) is 13.2 Å². The van der Waals surface area contributed by atoms with Gasteiger partial charge in [0.15, 0.2) is 0 Å². The number of hydrogen-bond acceptors (Lipinski definition) is 7. The summed E-state index contributed by atoms with van der Waals surface area (Å²) in [6, 6.07) is 0. The summed E-state index contributed by atoms with van der Waals surface area (Å²) < 4.78 is 55.6. The molecule has 4 fully saturated rings. The van der Waals surface area contributed by atoms with Crippen molar-refractivity contribution in [3.63, 3.8) is 0 Å². The highest BCUT2D eigenvalue weighted by Crippen LogP contribution is 2.54. The number of carbonyl (C=O) groups excluding carboxylic acids is 1. The molecule has 4 aliphatic carbocycles. The first-order valence-electron chi connectivity index (χ1n) is 6.85. The molecule has 21 heavy (non-hydrogen) atoms. The lowest BCUT2D eigenvalue weighted by Crippen LogP contribution is -2.61. The molecule has 0 heterocycles. The average Bonchev–Trinajstić information content (AvgIpc) is 2.28. The first-order valence-corrected chi connectivity index (χ1v) is 10.5. The summed E-state index contributed by atoms with van der Waals surface area (Å²) in [6.45, 7) is 0. The fourth-order valence-corrected chi connectivity index (χ4v) is 5.61. The molecule has 9 heteroatoms. The zero-order chi connectivity index (χ0) is 15.6. The van der Waals surface area contributed by atoms with Crippen molar-refractivity contribution >= 4 is 26.0 Å². The molecule has 4 saturated carbocycles. The van der Waals surface area contributed by atoms with Gasteiger partial charge in [-0.1, -0.05) is 0 Å². The van der Waals surface area contributed by atoms with Crippen LogP contribution in [0.15, 0.2) is 0 Å². The van der Waals surface area contributed by atoms with E-state index in [1.807, 2.05) is 0 Å². The molecule has 0 saturated heterocycles. The zero-order valence-corrected chi connectivity index (χ0v) is 13.4. The van der Waals surface area contributed by atoms with Crippen molar-refractivity contribution in [3.8, 4) is 0 Å². The van der Waals surface area contributed by atoms with E-state index in [9.17, 15) is 21.6 Å². The molecule has 7 nitrogen and oxygen atoms in total. The maximum atomic E-state index is 12.4. The van der Waals surface area contributed by atoms with Crippen molar-refractivity contribution < 1.29 is 30.0 Å². The highest BCUT2D eigenvalue weighted by atomic mass is 32.2. The van der Waals surface area contributed by atoms with Crippen LogP contribution < -0.4 is 0 Å². The first-order chi connectivity index (χ1) is 9.55. The van der Waals surface area contributed by atoms with Gasteiger partial charge in [-0.05, 0) is 31.1 Å². The molecule has 0 aromatic carbocycles. The lowest BCUT2D eigenvalue weighted by molar-refractivity contribution is -0.165. The molecule has 6 atom stereocenters. The third kappa shape index (κ3) is 2.88. The molecule has 4 unspecified atom stereocenters. The second kappa shape index (κ2) is 4.74. The van der Waals surface area contributed by atoms with E-state index in [2.05, 4.69) is 0 Å². The van der Waals surface area contributed by atoms with Gasteiger partial charge in [0.25, 0.3) is 20.2 Å². The Morgan fingerprint density at radius 1 is 0.810 bits per heavy atom. The van der Waals surface area contributed by atoms with Gasteiger partial charge in [-0.2, -0.15) is 16.8 Å². The third-order valence-electron chi connectivity index (χ3n) is 4.74. The Balaban J connectivity index is 1.84. The molecule has 4 rings (SSSR count). The van der Waals surface area contributed by atoms with Crippen LogP contribution in [0.5, 0.6) is 0 Å². The van der Waals surface area contributed by atoms with Crippen LogP contribution >= 0.6 is 0 Å². The molecule has 120 valence electrons. The van der Waals surface area contributed by atoms with Crippen LogP contribution in [0.2, 0.25) is 0 Å². The summed E-state index contributed by atoms with van der Waals surface area (Å²) in [5.41, 5.74) is 0. The Morgan fingerprint density at radius 2 is 1.19 bits per heavy atom. The lowest BCUT2D eigenvalue weighted by atomic mass is 9.53. The van der Waals surface area contributed by atoms with Gasteiger partial charge in [0, 0.05) is 11.8 Å². The van der Waals surface area contributed by atoms with E-state index in [0.29, 0.717) is 19.3 Å². The zero-order valence-electron chi connectivity index (χ0n) is 11.8. The maximum Gasteiger partial charge on any atom is 0.264 e. The maximum absolute atomic E-state index is 12.4. The summed E-state index contributed by atoms with van der Waals surface area (Å²) in [5, 5.41) is 0. The van der Waals surface area contributed by atoms with Crippen LogP contribution in [0.3, 0.4) is 0 Å². The quantitative estimate of drug-likeness (QED) is 0.660. The van der Waals surface area contributed by atoms with E-state index in [-0.39, 0.29) is 17.6 Å². The predicted molar refractivity (Wildman–Crippen MR) is 72.3 cm³/mol. The molecule has 0 spiro atoms. The molecule has 0 radical (unpaired) electrons. The Hall–Kier alpha value is -0.510. The minimum atomic E-state index is -3.61. The van der Waals surface area contributed by atoms with E-state index >= 15 is 0 Å². The SMILES string of the molecule is CS(=O)(=O)O[C@H]1C2CC3CC1C(=O)C(C2)[C@H]3OS(C)(=O)=O. The molecule has 4 bridgehead atoms. The fourth-order valence-electron chi connectivity index (χ4n) is 4.22. The van der Waals surface area contributed by atoms with E-state index in [4.69, 9.17) is 8.37 Å². The number of rotatable bonds is 4. The summed E-state index contributed by atoms with van der Waals surface area (Å²) in [4.78, 5) is 12.4. The Bertz CT molecular complexity index is 610. The van der Waals surface area contributed by atoms with Crippen LogP contribution in [0.25, 0.3) is 0 Å². The monoisotopic (exact) mass is 338 g/mol. The van der Waals surface area contributed by atoms with E-state index in [1.54, 1.807) is 0 Å². The largest absolute Gasteiger partial charge is 0.299 e. The van der Waals surface area contributed by atoms with Crippen LogP contribution in [0, 0.1) is 23.7 Å². The predicted octanol–water partition coefficient (Wildman–Crippen LogP) is -0.0790. The molecule has 0 aliphatic heterocycles. The van der Waals surface area contributed by atoms with Gasteiger partial charge in [-0.25, -0.2) is 0 Å². The molecule has 4 aliphatic rings. The van der Waals surface area contributed by atoms with Gasteiger partial charge in [0.05, 0.1) is 24.7 Å². The van der Waals surface area contributed by atoms with E-state index in [1.165, 1.54) is 0 Å². The fraction of sp³-hybridized carbons (Fsp3) is 0.917. The lowest BCUT2D eigenvalue weighted by Gasteiger charge is -2.55. The molecular formula is C12H18O7S2. The smallest absolute Gasteiger partial charge is 0.264 e. The van der Waals surface area contributed by atoms with Gasteiger partial charge in [0.1, 0.15) is 5.78 Å². The molecule has 0 aromatic heterocycles. The molecule has 0 N–H and O–H groups in total. The average molecular weight is 338 g/mol. The third-order valence-corrected chi connectivity index (χ3v) is 5.89. The van der Waals surface area contributed by atoms with Gasteiger partial charge in [0.2, 0.25) is 0 Å². The summed E-state index contributed by atoms with van der Waals surface area (Å²) in [7, 11) is -7.23. The van der Waals surface area contributed by atoms with Crippen molar-refractivity contribution in [3.05, 3.63) is 0 Å². The number of Topliss-reactive ketones (excluding diaryl/α,β-unsaturated/α-hetero) is 1. The minimum absolute atomic E-state index is 0.0226. The first kappa shape index (κ1) is 15.4. The van der Waals surface area contributed by atoms with Gasteiger partial charge >= 0.3 is 0 Å². The van der Waals surface area contributed by atoms with Crippen molar-refractivity contribution in [2.45, 2.75) is 31.5 Å². The highest BCUT2D eigenvalue weighted by Gasteiger charge is 2.60. The summed E-state index contributed by atoms with van der Waals surface area (Å²) in [5.74, 6) is -1.08. The standard InChI is InChI=1S/C12H18O7S2/c1-20(14,15)18-11-6-3-7-5-8(11)10(13)9(4-6)12(7)19-21(2,16)17/h6-9,11-12H,3-5H2,1-2H3/t6?,7?,8?,9?,11-,12-/m0/s1. The Kier molecular flexibility index (Phi) is 3.47. The van der Waals surface area contributed by atoms with Crippen LogP contribution in [-0.2, 0) is 33.4 Å². The summed E-state index contributed by atoms with van der Waals surface area (Å²) in [6.07, 6.45) is 2.29. The van der Waals surface area contributed by atoms with Crippen LogP contribution in [0.1, 0.15) is 19.3 Å². The second-order valence-electron chi connectivity index (χ2n) is 6.37. The van der Waals surface area contributed by atoms with Gasteiger partial charge < -0.3 is 0 Å². The number of carbonyl (C=O) groups is 1. The number of hydrogen-bond donors (Lipinski definition) is 0.